The second-order valence-electron chi connectivity index (χ2n) is 3.52. The van der Waals surface area contributed by atoms with Crippen LogP contribution in [0.5, 0.6) is 0 Å². The zero-order valence-corrected chi connectivity index (χ0v) is 10.3. The number of pyridine rings is 1. The SMILES string of the molecule is O=C(O)Cc1cnc2c(CBr)cccn2c1=O. The monoisotopic (exact) mass is 296 g/mol. The van der Waals surface area contributed by atoms with Crippen molar-refractivity contribution in [2.24, 2.45) is 0 Å². The minimum atomic E-state index is -1.04. The van der Waals surface area contributed by atoms with Gasteiger partial charge < -0.3 is 5.11 Å². The Hall–Kier alpha value is -1.69. The number of carboxylic acids is 1. The number of rotatable bonds is 3. The van der Waals surface area contributed by atoms with Crippen molar-refractivity contribution in [3.8, 4) is 0 Å². The molecule has 0 aliphatic heterocycles. The first-order valence-electron chi connectivity index (χ1n) is 4.89. The molecule has 0 saturated carbocycles. The van der Waals surface area contributed by atoms with E-state index in [0.717, 1.165) is 5.56 Å². The molecule has 0 atom stereocenters. The number of aromatic nitrogens is 2. The molecule has 88 valence electrons. The van der Waals surface area contributed by atoms with E-state index >= 15 is 0 Å². The summed E-state index contributed by atoms with van der Waals surface area (Å²) in [4.78, 5) is 26.7. The van der Waals surface area contributed by atoms with Crippen molar-refractivity contribution in [3.05, 3.63) is 46.0 Å². The van der Waals surface area contributed by atoms with E-state index in [1.807, 2.05) is 6.07 Å². The summed E-state index contributed by atoms with van der Waals surface area (Å²) in [6.45, 7) is 0. The number of nitrogens with zero attached hydrogens (tertiary/aromatic N) is 2. The minimum absolute atomic E-state index is 0.182. The molecule has 2 rings (SSSR count). The summed E-state index contributed by atoms with van der Waals surface area (Å²) in [6.07, 6.45) is 2.60. The van der Waals surface area contributed by atoms with Gasteiger partial charge in [-0.1, -0.05) is 22.0 Å². The molecular formula is C11H9BrN2O3. The fourth-order valence-electron chi connectivity index (χ4n) is 1.59. The van der Waals surface area contributed by atoms with Crippen molar-refractivity contribution in [3.63, 3.8) is 0 Å². The lowest BCUT2D eigenvalue weighted by Gasteiger charge is -2.05. The first-order chi connectivity index (χ1) is 8.13. The van der Waals surface area contributed by atoms with Crippen molar-refractivity contribution >= 4 is 27.5 Å². The minimum Gasteiger partial charge on any atom is -0.481 e. The zero-order chi connectivity index (χ0) is 12.4. The maximum Gasteiger partial charge on any atom is 0.308 e. The second kappa shape index (κ2) is 4.67. The lowest BCUT2D eigenvalue weighted by atomic mass is 10.2. The Morgan fingerprint density at radius 2 is 2.24 bits per heavy atom. The fraction of sp³-hybridized carbons (Fsp3) is 0.182. The Morgan fingerprint density at radius 1 is 1.47 bits per heavy atom. The third-order valence-electron chi connectivity index (χ3n) is 2.37. The molecule has 0 radical (unpaired) electrons. The molecule has 2 aromatic rings. The molecule has 0 aliphatic rings. The van der Waals surface area contributed by atoms with Crippen molar-refractivity contribution in [1.82, 2.24) is 9.38 Å². The third-order valence-corrected chi connectivity index (χ3v) is 2.97. The average Bonchev–Trinajstić information content (AvgIpc) is 2.31. The molecule has 5 nitrogen and oxygen atoms in total. The van der Waals surface area contributed by atoms with Gasteiger partial charge in [0.05, 0.1) is 6.42 Å². The van der Waals surface area contributed by atoms with Crippen LogP contribution in [0.2, 0.25) is 0 Å². The van der Waals surface area contributed by atoms with E-state index in [-0.39, 0.29) is 17.5 Å². The largest absolute Gasteiger partial charge is 0.481 e. The molecular weight excluding hydrogens is 288 g/mol. The number of alkyl halides is 1. The summed E-state index contributed by atoms with van der Waals surface area (Å²) in [5.41, 5.74) is 1.27. The molecule has 0 aliphatic carbocycles. The zero-order valence-electron chi connectivity index (χ0n) is 8.76. The van der Waals surface area contributed by atoms with Gasteiger partial charge in [-0.25, -0.2) is 4.98 Å². The van der Waals surface area contributed by atoms with E-state index in [2.05, 4.69) is 20.9 Å². The molecule has 2 aromatic heterocycles. The van der Waals surface area contributed by atoms with Gasteiger partial charge in [0.15, 0.2) is 0 Å². The predicted octanol–water partition coefficient (Wildman–Crippen LogP) is 1.22. The molecule has 0 unspecified atom stereocenters. The van der Waals surface area contributed by atoms with Gasteiger partial charge in [-0.15, -0.1) is 0 Å². The smallest absolute Gasteiger partial charge is 0.308 e. The van der Waals surface area contributed by atoms with Crippen LogP contribution in [0.4, 0.5) is 0 Å². The first kappa shape index (κ1) is 11.8. The lowest BCUT2D eigenvalue weighted by molar-refractivity contribution is -0.136. The summed E-state index contributed by atoms with van der Waals surface area (Å²) in [7, 11) is 0. The summed E-state index contributed by atoms with van der Waals surface area (Å²) >= 11 is 3.31. The molecule has 0 amide bonds. The summed E-state index contributed by atoms with van der Waals surface area (Å²) in [5.74, 6) is -1.04. The van der Waals surface area contributed by atoms with Crippen LogP contribution in [0.15, 0.2) is 29.3 Å². The van der Waals surface area contributed by atoms with Crippen LogP contribution in [0.1, 0.15) is 11.1 Å². The van der Waals surface area contributed by atoms with Crippen molar-refractivity contribution in [2.75, 3.05) is 0 Å². The second-order valence-corrected chi connectivity index (χ2v) is 4.08. The van der Waals surface area contributed by atoms with Crippen LogP contribution in [0.3, 0.4) is 0 Å². The van der Waals surface area contributed by atoms with E-state index in [1.54, 1.807) is 12.3 Å². The van der Waals surface area contributed by atoms with Gasteiger partial charge in [0.25, 0.3) is 5.56 Å². The number of hydrogen-bond donors (Lipinski definition) is 1. The highest BCUT2D eigenvalue weighted by atomic mass is 79.9. The number of fused-ring (bicyclic) bond motifs is 1. The summed E-state index contributed by atoms with van der Waals surface area (Å²) < 4.78 is 1.37. The molecule has 2 heterocycles. The van der Waals surface area contributed by atoms with Crippen LogP contribution in [0.25, 0.3) is 5.65 Å². The molecule has 17 heavy (non-hydrogen) atoms. The van der Waals surface area contributed by atoms with Gasteiger partial charge >= 0.3 is 5.97 Å². The quantitative estimate of drug-likeness (QED) is 0.865. The predicted molar refractivity (Wildman–Crippen MR) is 65.4 cm³/mol. The lowest BCUT2D eigenvalue weighted by Crippen LogP contribution is -2.22. The van der Waals surface area contributed by atoms with Crippen LogP contribution in [-0.2, 0) is 16.5 Å². The Morgan fingerprint density at radius 3 is 2.88 bits per heavy atom. The van der Waals surface area contributed by atoms with Gasteiger partial charge in [0, 0.05) is 28.9 Å². The van der Waals surface area contributed by atoms with Gasteiger partial charge in [0.1, 0.15) is 5.65 Å². The van der Waals surface area contributed by atoms with E-state index in [9.17, 15) is 9.59 Å². The maximum absolute atomic E-state index is 12.0. The van der Waals surface area contributed by atoms with Crippen molar-refractivity contribution in [1.29, 1.82) is 0 Å². The standard InChI is InChI=1S/C11H9BrN2O3/c12-5-7-2-1-3-14-10(7)13-6-8(11(14)17)4-9(15)16/h1-3,6H,4-5H2,(H,15,16). The molecule has 6 heteroatoms. The number of aliphatic carboxylic acids is 1. The Labute approximate surface area is 105 Å². The Kier molecular flexibility index (Phi) is 3.23. The Balaban J connectivity index is 2.68. The van der Waals surface area contributed by atoms with E-state index in [4.69, 9.17) is 5.11 Å². The number of halogens is 1. The van der Waals surface area contributed by atoms with Crippen LogP contribution in [0, 0.1) is 0 Å². The van der Waals surface area contributed by atoms with Crippen LogP contribution in [-0.4, -0.2) is 20.5 Å². The number of carboxylic acid groups (broad SMARTS) is 1. The number of carbonyl (C=O) groups is 1. The van der Waals surface area contributed by atoms with E-state index in [1.165, 1.54) is 10.6 Å². The first-order valence-corrected chi connectivity index (χ1v) is 6.01. The highest BCUT2D eigenvalue weighted by Crippen LogP contribution is 2.10. The molecule has 0 fully saturated rings. The van der Waals surface area contributed by atoms with Crippen LogP contribution >= 0.6 is 15.9 Å². The third kappa shape index (κ3) is 2.21. The van der Waals surface area contributed by atoms with E-state index < -0.39 is 5.97 Å². The molecule has 0 saturated heterocycles. The normalized spacial score (nSPS) is 10.6. The molecule has 0 bridgehead atoms. The number of hydrogen-bond acceptors (Lipinski definition) is 3. The van der Waals surface area contributed by atoms with Gasteiger partial charge in [-0.3, -0.25) is 14.0 Å². The van der Waals surface area contributed by atoms with Gasteiger partial charge in [-0.05, 0) is 6.07 Å². The summed E-state index contributed by atoms with van der Waals surface area (Å²) in [5, 5.41) is 9.27. The maximum atomic E-state index is 12.0. The summed E-state index contributed by atoms with van der Waals surface area (Å²) in [6, 6.07) is 3.59. The van der Waals surface area contributed by atoms with Crippen molar-refractivity contribution < 1.29 is 9.90 Å². The average molecular weight is 297 g/mol. The van der Waals surface area contributed by atoms with Crippen LogP contribution < -0.4 is 5.56 Å². The highest BCUT2D eigenvalue weighted by molar-refractivity contribution is 9.08. The topological polar surface area (TPSA) is 71.7 Å². The highest BCUT2D eigenvalue weighted by Gasteiger charge is 2.10. The molecule has 1 N–H and O–H groups in total. The van der Waals surface area contributed by atoms with Gasteiger partial charge in [0.2, 0.25) is 0 Å². The Bertz CT molecular complexity index is 636. The van der Waals surface area contributed by atoms with Gasteiger partial charge in [-0.2, -0.15) is 0 Å². The molecule has 0 aromatic carbocycles. The molecule has 0 spiro atoms. The van der Waals surface area contributed by atoms with Crippen molar-refractivity contribution in [2.45, 2.75) is 11.8 Å². The fourth-order valence-corrected chi connectivity index (χ4v) is 2.03. The van der Waals surface area contributed by atoms with E-state index in [0.29, 0.717) is 11.0 Å².